The van der Waals surface area contributed by atoms with E-state index < -0.39 is 0 Å². The number of amides is 1. The summed E-state index contributed by atoms with van der Waals surface area (Å²) in [5, 5.41) is 0. The van der Waals surface area contributed by atoms with Crippen molar-refractivity contribution in [3.8, 4) is 5.75 Å². The molecule has 3 nitrogen and oxygen atoms in total. The van der Waals surface area contributed by atoms with Gasteiger partial charge in [-0.2, -0.15) is 0 Å². The third kappa shape index (κ3) is 3.33. The first-order valence-electron chi connectivity index (χ1n) is 5.37. The average Bonchev–Trinajstić information content (AvgIpc) is 2.34. The minimum Gasteiger partial charge on any atom is -0.496 e. The summed E-state index contributed by atoms with van der Waals surface area (Å²) in [6.45, 7) is 6.76. The van der Waals surface area contributed by atoms with Gasteiger partial charge in [0.15, 0.2) is 0 Å². The normalized spacial score (nSPS) is 9.82. The Labute approximate surface area is 110 Å². The molecule has 0 N–H and O–H groups in total. The highest BCUT2D eigenvalue weighted by Gasteiger charge is 2.17. The van der Waals surface area contributed by atoms with Crippen LogP contribution in [0.15, 0.2) is 35.3 Å². The quantitative estimate of drug-likeness (QED) is 0.782. The Kier molecular flexibility index (Phi) is 5.22. The second-order valence-corrected chi connectivity index (χ2v) is 4.39. The molecule has 4 heteroatoms. The van der Waals surface area contributed by atoms with Crippen molar-refractivity contribution >= 4 is 21.8 Å². The Hall–Kier alpha value is -1.29. The van der Waals surface area contributed by atoms with Crippen LogP contribution in [0.3, 0.4) is 0 Å². The lowest BCUT2D eigenvalue weighted by molar-refractivity contribution is 0.0779. The smallest absolute Gasteiger partial charge is 0.257 e. The van der Waals surface area contributed by atoms with E-state index in [1.54, 1.807) is 30.2 Å². The van der Waals surface area contributed by atoms with E-state index in [0.29, 0.717) is 24.4 Å². The second kappa shape index (κ2) is 6.45. The van der Waals surface area contributed by atoms with Crippen molar-refractivity contribution in [2.24, 2.45) is 0 Å². The van der Waals surface area contributed by atoms with E-state index in [-0.39, 0.29) is 5.91 Å². The van der Waals surface area contributed by atoms with Crippen molar-refractivity contribution in [3.05, 3.63) is 40.9 Å². The maximum atomic E-state index is 12.2. The maximum absolute atomic E-state index is 12.2. The summed E-state index contributed by atoms with van der Waals surface area (Å²) in [6.07, 6.45) is 1.72. The molecule has 0 spiro atoms. The molecule has 0 atom stereocenters. The molecule has 0 bridgehead atoms. The summed E-state index contributed by atoms with van der Waals surface area (Å²) in [5.74, 6) is 0.531. The Bertz CT molecular complexity index is 418. The van der Waals surface area contributed by atoms with E-state index in [4.69, 9.17) is 4.74 Å². The Morgan fingerprint density at radius 2 is 2.29 bits per heavy atom. The molecule has 1 aromatic carbocycles. The van der Waals surface area contributed by atoms with Gasteiger partial charge in [-0.1, -0.05) is 22.0 Å². The number of carbonyl (C=O) groups is 1. The number of carbonyl (C=O) groups excluding carboxylic acids is 1. The third-order valence-corrected chi connectivity index (χ3v) is 2.91. The van der Waals surface area contributed by atoms with Crippen molar-refractivity contribution in [1.82, 2.24) is 4.90 Å². The summed E-state index contributed by atoms with van der Waals surface area (Å²) in [6, 6.07) is 5.38. The van der Waals surface area contributed by atoms with Gasteiger partial charge in [-0.25, -0.2) is 0 Å². The van der Waals surface area contributed by atoms with Gasteiger partial charge in [0.1, 0.15) is 5.75 Å². The first-order valence-corrected chi connectivity index (χ1v) is 6.17. The molecular formula is C13H16BrNO2. The fraction of sp³-hybridized carbons (Fsp3) is 0.308. The van der Waals surface area contributed by atoms with Crippen molar-refractivity contribution < 1.29 is 9.53 Å². The molecule has 0 radical (unpaired) electrons. The SMILES string of the molecule is C=CCN(CC)C(=O)c1ccc(Br)cc1OC. The Morgan fingerprint density at radius 1 is 1.59 bits per heavy atom. The number of nitrogens with zero attached hydrogens (tertiary/aromatic N) is 1. The molecule has 0 aliphatic heterocycles. The van der Waals surface area contributed by atoms with Gasteiger partial charge in [-0.15, -0.1) is 6.58 Å². The topological polar surface area (TPSA) is 29.5 Å². The molecular weight excluding hydrogens is 282 g/mol. The van der Waals surface area contributed by atoms with Crippen molar-refractivity contribution in [3.63, 3.8) is 0 Å². The Balaban J connectivity index is 3.05. The second-order valence-electron chi connectivity index (χ2n) is 3.48. The fourth-order valence-electron chi connectivity index (χ4n) is 1.52. The third-order valence-electron chi connectivity index (χ3n) is 2.41. The highest BCUT2D eigenvalue weighted by Crippen LogP contribution is 2.24. The lowest BCUT2D eigenvalue weighted by Gasteiger charge is -2.20. The van der Waals surface area contributed by atoms with Crippen LogP contribution in [0.4, 0.5) is 0 Å². The standard InChI is InChI=1S/C13H16BrNO2/c1-4-8-15(5-2)13(16)11-7-6-10(14)9-12(11)17-3/h4,6-7,9H,1,5,8H2,2-3H3. The van der Waals surface area contributed by atoms with Crippen LogP contribution in [0.1, 0.15) is 17.3 Å². The lowest BCUT2D eigenvalue weighted by atomic mass is 10.1. The van der Waals surface area contributed by atoms with Crippen LogP contribution >= 0.6 is 15.9 Å². The molecule has 0 unspecified atom stereocenters. The van der Waals surface area contributed by atoms with Gasteiger partial charge in [0.05, 0.1) is 12.7 Å². The van der Waals surface area contributed by atoms with E-state index in [1.807, 2.05) is 13.0 Å². The zero-order valence-electron chi connectivity index (χ0n) is 10.1. The summed E-state index contributed by atoms with van der Waals surface area (Å²) in [7, 11) is 1.56. The van der Waals surface area contributed by atoms with Gasteiger partial charge in [-0.05, 0) is 25.1 Å². The highest BCUT2D eigenvalue weighted by molar-refractivity contribution is 9.10. The molecule has 1 aromatic rings. The number of likely N-dealkylation sites (N-methyl/N-ethyl adjacent to an activating group) is 1. The van der Waals surface area contributed by atoms with Gasteiger partial charge in [0.2, 0.25) is 0 Å². The average molecular weight is 298 g/mol. The lowest BCUT2D eigenvalue weighted by Crippen LogP contribution is -2.31. The molecule has 0 aliphatic carbocycles. The molecule has 0 saturated carbocycles. The van der Waals surface area contributed by atoms with Crippen LogP contribution in [0.5, 0.6) is 5.75 Å². The predicted octanol–water partition coefficient (Wildman–Crippen LogP) is 3.11. The molecule has 0 heterocycles. The van der Waals surface area contributed by atoms with Gasteiger partial charge >= 0.3 is 0 Å². The van der Waals surface area contributed by atoms with E-state index in [9.17, 15) is 4.79 Å². The highest BCUT2D eigenvalue weighted by atomic mass is 79.9. The largest absolute Gasteiger partial charge is 0.496 e. The predicted molar refractivity (Wildman–Crippen MR) is 72.5 cm³/mol. The van der Waals surface area contributed by atoms with Gasteiger partial charge in [-0.3, -0.25) is 4.79 Å². The summed E-state index contributed by atoms with van der Waals surface area (Å²) < 4.78 is 6.10. The van der Waals surface area contributed by atoms with Crippen molar-refractivity contribution in [2.45, 2.75) is 6.92 Å². The van der Waals surface area contributed by atoms with Gasteiger partial charge in [0.25, 0.3) is 5.91 Å². The van der Waals surface area contributed by atoms with E-state index in [0.717, 1.165) is 4.47 Å². The molecule has 1 amide bonds. The van der Waals surface area contributed by atoms with Crippen LogP contribution < -0.4 is 4.74 Å². The number of benzene rings is 1. The number of hydrogen-bond acceptors (Lipinski definition) is 2. The number of ether oxygens (including phenoxy) is 1. The van der Waals surface area contributed by atoms with E-state index in [2.05, 4.69) is 22.5 Å². The van der Waals surface area contributed by atoms with Crippen molar-refractivity contribution in [1.29, 1.82) is 0 Å². The fourth-order valence-corrected chi connectivity index (χ4v) is 1.86. The maximum Gasteiger partial charge on any atom is 0.257 e. The molecule has 92 valence electrons. The van der Waals surface area contributed by atoms with Gasteiger partial charge < -0.3 is 9.64 Å². The van der Waals surface area contributed by atoms with Crippen LogP contribution in [-0.4, -0.2) is 31.0 Å². The minimum absolute atomic E-state index is 0.0447. The Morgan fingerprint density at radius 3 is 2.82 bits per heavy atom. The first kappa shape index (κ1) is 13.8. The summed E-state index contributed by atoms with van der Waals surface area (Å²) in [4.78, 5) is 13.9. The van der Waals surface area contributed by atoms with E-state index >= 15 is 0 Å². The zero-order valence-corrected chi connectivity index (χ0v) is 11.7. The molecule has 17 heavy (non-hydrogen) atoms. The molecule has 0 saturated heterocycles. The van der Waals surface area contributed by atoms with Crippen LogP contribution in [0, 0.1) is 0 Å². The summed E-state index contributed by atoms with van der Waals surface area (Å²) in [5.41, 5.74) is 0.569. The zero-order chi connectivity index (χ0) is 12.8. The van der Waals surface area contributed by atoms with E-state index in [1.165, 1.54) is 0 Å². The first-order chi connectivity index (χ1) is 8.13. The number of hydrogen-bond donors (Lipinski definition) is 0. The number of rotatable bonds is 5. The monoisotopic (exact) mass is 297 g/mol. The molecule has 1 rings (SSSR count). The number of methoxy groups -OCH3 is 1. The van der Waals surface area contributed by atoms with Crippen LogP contribution in [-0.2, 0) is 0 Å². The van der Waals surface area contributed by atoms with Gasteiger partial charge in [0, 0.05) is 17.6 Å². The minimum atomic E-state index is -0.0447. The summed E-state index contributed by atoms with van der Waals surface area (Å²) >= 11 is 3.35. The molecule has 0 aromatic heterocycles. The van der Waals surface area contributed by atoms with Crippen LogP contribution in [0.2, 0.25) is 0 Å². The van der Waals surface area contributed by atoms with Crippen LogP contribution in [0.25, 0.3) is 0 Å². The number of halogens is 1. The molecule has 0 aliphatic rings. The molecule has 0 fully saturated rings. The van der Waals surface area contributed by atoms with Crippen molar-refractivity contribution in [2.75, 3.05) is 20.2 Å².